The molecule has 0 aliphatic heterocycles. The van der Waals surface area contributed by atoms with Crippen molar-refractivity contribution < 1.29 is 9.90 Å². The van der Waals surface area contributed by atoms with Crippen LogP contribution in [0.15, 0.2) is 28.9 Å². The topological polar surface area (TPSA) is 55.1 Å². The predicted molar refractivity (Wildman–Crippen MR) is 77.4 cm³/mol. The minimum atomic E-state index is -0.935. The minimum Gasteiger partial charge on any atom is -0.478 e. The number of hydrogen-bond donors (Lipinski definition) is 1. The SMILES string of the molecule is CC(C)c1nn(C)cc1-c1ccc(Br)cc1C(=O)O. The average molecular weight is 323 g/mol. The molecule has 0 spiro atoms. The van der Waals surface area contributed by atoms with Gasteiger partial charge in [0.05, 0.1) is 11.3 Å². The van der Waals surface area contributed by atoms with Crippen LogP contribution < -0.4 is 0 Å². The van der Waals surface area contributed by atoms with Crippen LogP contribution in [0.25, 0.3) is 11.1 Å². The maximum Gasteiger partial charge on any atom is 0.336 e. The molecule has 0 bridgehead atoms. The molecule has 1 aromatic carbocycles. The maximum absolute atomic E-state index is 11.4. The van der Waals surface area contributed by atoms with Crippen LogP contribution in [-0.2, 0) is 7.05 Å². The molecule has 1 N–H and O–H groups in total. The number of aromatic nitrogens is 2. The number of benzene rings is 1. The molecular formula is C14H15BrN2O2. The maximum atomic E-state index is 11.4. The highest BCUT2D eigenvalue weighted by Crippen LogP contribution is 2.32. The fraction of sp³-hybridized carbons (Fsp3) is 0.286. The third kappa shape index (κ3) is 2.71. The lowest BCUT2D eigenvalue weighted by Gasteiger charge is -2.08. The molecule has 1 heterocycles. The molecule has 0 amide bonds. The average Bonchev–Trinajstić information content (AvgIpc) is 2.71. The van der Waals surface area contributed by atoms with Crippen LogP contribution in [0.1, 0.15) is 35.8 Å². The molecule has 100 valence electrons. The van der Waals surface area contributed by atoms with E-state index in [9.17, 15) is 9.90 Å². The number of hydrogen-bond acceptors (Lipinski definition) is 2. The summed E-state index contributed by atoms with van der Waals surface area (Å²) in [5, 5.41) is 13.8. The minimum absolute atomic E-state index is 0.237. The highest BCUT2D eigenvalue weighted by atomic mass is 79.9. The first-order chi connectivity index (χ1) is 8.90. The molecule has 19 heavy (non-hydrogen) atoms. The van der Waals surface area contributed by atoms with Gasteiger partial charge in [-0.1, -0.05) is 35.8 Å². The van der Waals surface area contributed by atoms with Gasteiger partial charge in [-0.25, -0.2) is 4.79 Å². The van der Waals surface area contributed by atoms with Crippen molar-refractivity contribution in [3.8, 4) is 11.1 Å². The van der Waals surface area contributed by atoms with Gasteiger partial charge in [0, 0.05) is 23.3 Å². The zero-order valence-electron chi connectivity index (χ0n) is 11.0. The molecule has 2 aromatic rings. The molecule has 0 saturated heterocycles. The van der Waals surface area contributed by atoms with E-state index in [4.69, 9.17) is 0 Å². The fourth-order valence-corrected chi connectivity index (χ4v) is 2.43. The number of rotatable bonds is 3. The normalized spacial score (nSPS) is 11.0. The second-order valence-electron chi connectivity index (χ2n) is 4.75. The molecule has 0 aliphatic rings. The number of aryl methyl sites for hydroxylation is 1. The van der Waals surface area contributed by atoms with Crippen molar-refractivity contribution >= 4 is 21.9 Å². The van der Waals surface area contributed by atoms with Gasteiger partial charge in [-0.15, -0.1) is 0 Å². The summed E-state index contributed by atoms with van der Waals surface area (Å²) < 4.78 is 2.47. The molecule has 0 aliphatic carbocycles. The first kappa shape index (κ1) is 13.8. The van der Waals surface area contributed by atoms with E-state index in [0.717, 1.165) is 15.7 Å². The Labute approximate surface area is 120 Å². The number of halogens is 1. The van der Waals surface area contributed by atoms with Gasteiger partial charge in [-0.05, 0) is 23.6 Å². The van der Waals surface area contributed by atoms with E-state index in [1.54, 1.807) is 10.7 Å². The molecule has 5 heteroatoms. The van der Waals surface area contributed by atoms with Crippen LogP contribution in [0.2, 0.25) is 0 Å². The molecule has 0 saturated carbocycles. The van der Waals surface area contributed by atoms with Gasteiger partial charge < -0.3 is 5.11 Å². The Morgan fingerprint density at radius 2 is 2.05 bits per heavy atom. The molecular weight excluding hydrogens is 308 g/mol. The first-order valence-electron chi connectivity index (χ1n) is 5.97. The number of aromatic carboxylic acids is 1. The van der Waals surface area contributed by atoms with Crippen LogP contribution in [0.3, 0.4) is 0 Å². The van der Waals surface area contributed by atoms with Gasteiger partial charge in [-0.2, -0.15) is 5.10 Å². The quantitative estimate of drug-likeness (QED) is 0.937. The Kier molecular flexibility index (Phi) is 3.75. The van der Waals surface area contributed by atoms with Gasteiger partial charge in [0.15, 0.2) is 0 Å². The Morgan fingerprint density at radius 1 is 1.37 bits per heavy atom. The van der Waals surface area contributed by atoms with E-state index in [-0.39, 0.29) is 11.5 Å². The second kappa shape index (κ2) is 5.17. The Hall–Kier alpha value is -1.62. The summed E-state index contributed by atoms with van der Waals surface area (Å²) in [5.74, 6) is -0.698. The smallest absolute Gasteiger partial charge is 0.336 e. The van der Waals surface area contributed by atoms with Crippen molar-refractivity contribution in [3.63, 3.8) is 0 Å². The second-order valence-corrected chi connectivity index (χ2v) is 5.67. The molecule has 0 radical (unpaired) electrons. The highest BCUT2D eigenvalue weighted by Gasteiger charge is 2.19. The van der Waals surface area contributed by atoms with Gasteiger partial charge in [0.25, 0.3) is 0 Å². The molecule has 4 nitrogen and oxygen atoms in total. The third-order valence-corrected chi connectivity index (χ3v) is 3.40. The fourth-order valence-electron chi connectivity index (χ4n) is 2.07. The Bertz CT molecular complexity index is 632. The van der Waals surface area contributed by atoms with Crippen molar-refractivity contribution in [3.05, 3.63) is 40.1 Å². The standard InChI is InChI=1S/C14H15BrN2O2/c1-8(2)13-12(7-17(3)16-13)10-5-4-9(15)6-11(10)14(18)19/h4-8H,1-3H3,(H,18,19). The zero-order valence-corrected chi connectivity index (χ0v) is 12.6. The van der Waals surface area contributed by atoms with E-state index in [1.165, 1.54) is 0 Å². The lowest BCUT2D eigenvalue weighted by atomic mass is 9.96. The van der Waals surface area contributed by atoms with E-state index >= 15 is 0 Å². The van der Waals surface area contributed by atoms with E-state index in [0.29, 0.717) is 5.56 Å². The summed E-state index contributed by atoms with van der Waals surface area (Å²) in [4.78, 5) is 11.4. The first-order valence-corrected chi connectivity index (χ1v) is 6.76. The van der Waals surface area contributed by atoms with Gasteiger partial charge >= 0.3 is 5.97 Å². The predicted octanol–water partition coefficient (Wildman–Crippen LogP) is 3.67. The van der Waals surface area contributed by atoms with Crippen molar-refractivity contribution in [1.29, 1.82) is 0 Å². The number of carboxylic acids is 1. The van der Waals surface area contributed by atoms with Crippen molar-refractivity contribution in [2.24, 2.45) is 7.05 Å². The van der Waals surface area contributed by atoms with Gasteiger partial charge in [0.2, 0.25) is 0 Å². The lowest BCUT2D eigenvalue weighted by Crippen LogP contribution is -2.01. The molecule has 0 fully saturated rings. The number of carbonyl (C=O) groups is 1. The van der Waals surface area contributed by atoms with Crippen LogP contribution in [0, 0.1) is 0 Å². The van der Waals surface area contributed by atoms with E-state index in [2.05, 4.69) is 21.0 Å². The monoisotopic (exact) mass is 322 g/mol. The van der Waals surface area contributed by atoms with E-state index < -0.39 is 5.97 Å². The van der Waals surface area contributed by atoms with Crippen LogP contribution >= 0.6 is 15.9 Å². The van der Waals surface area contributed by atoms with Crippen LogP contribution in [0.4, 0.5) is 0 Å². The van der Waals surface area contributed by atoms with Crippen molar-refractivity contribution in [2.75, 3.05) is 0 Å². The summed E-state index contributed by atoms with van der Waals surface area (Å²) in [6.45, 7) is 4.09. The summed E-state index contributed by atoms with van der Waals surface area (Å²) in [7, 11) is 1.84. The highest BCUT2D eigenvalue weighted by molar-refractivity contribution is 9.10. The molecule has 2 rings (SSSR count). The summed E-state index contributed by atoms with van der Waals surface area (Å²) in [6, 6.07) is 5.28. The van der Waals surface area contributed by atoms with Gasteiger partial charge in [0.1, 0.15) is 0 Å². The van der Waals surface area contributed by atoms with Gasteiger partial charge in [-0.3, -0.25) is 4.68 Å². The number of carboxylic acid groups (broad SMARTS) is 1. The van der Waals surface area contributed by atoms with Crippen LogP contribution in [0.5, 0.6) is 0 Å². The molecule has 0 unspecified atom stereocenters. The molecule has 1 aromatic heterocycles. The van der Waals surface area contributed by atoms with Crippen LogP contribution in [-0.4, -0.2) is 20.9 Å². The largest absolute Gasteiger partial charge is 0.478 e. The molecule has 0 atom stereocenters. The third-order valence-electron chi connectivity index (χ3n) is 2.91. The summed E-state index contributed by atoms with van der Waals surface area (Å²) >= 11 is 3.31. The van der Waals surface area contributed by atoms with E-state index in [1.807, 2.05) is 39.2 Å². The Balaban J connectivity index is 2.68. The summed E-state index contributed by atoms with van der Waals surface area (Å²) in [5.41, 5.74) is 2.77. The Morgan fingerprint density at radius 3 is 2.63 bits per heavy atom. The zero-order chi connectivity index (χ0) is 14.2. The number of nitrogens with zero attached hydrogens (tertiary/aromatic N) is 2. The van der Waals surface area contributed by atoms with Crippen molar-refractivity contribution in [2.45, 2.75) is 19.8 Å². The van der Waals surface area contributed by atoms with Crippen molar-refractivity contribution in [1.82, 2.24) is 9.78 Å². The summed E-state index contributed by atoms with van der Waals surface area (Å²) in [6.07, 6.45) is 1.87. The lowest BCUT2D eigenvalue weighted by molar-refractivity contribution is 0.0697.